The van der Waals surface area contributed by atoms with Gasteiger partial charge in [0.1, 0.15) is 0 Å². The van der Waals surface area contributed by atoms with E-state index in [1.165, 1.54) is 0 Å². The Kier molecular flexibility index (Phi) is 2.10. The first-order chi connectivity index (χ1) is 5.02. The van der Waals surface area contributed by atoms with Gasteiger partial charge in [-0.05, 0) is 23.7 Å². The lowest BCUT2D eigenvalue weighted by atomic mass is 9.67. The first-order valence-corrected chi connectivity index (χ1v) is 4.30. The minimum Gasteiger partial charge on any atom is -0.396 e. The fourth-order valence-corrected chi connectivity index (χ4v) is 1.75. The van der Waals surface area contributed by atoms with Gasteiger partial charge in [-0.1, -0.05) is 32.9 Å². The molecule has 11 heavy (non-hydrogen) atoms. The van der Waals surface area contributed by atoms with Gasteiger partial charge >= 0.3 is 0 Å². The van der Waals surface area contributed by atoms with E-state index >= 15 is 0 Å². The van der Waals surface area contributed by atoms with Crippen molar-refractivity contribution in [1.82, 2.24) is 0 Å². The second-order valence-electron chi connectivity index (χ2n) is 4.36. The molecule has 1 aliphatic carbocycles. The number of hydrogen-bond donors (Lipinski definition) is 1. The molecule has 0 aliphatic heterocycles. The Morgan fingerprint density at radius 2 is 2.00 bits per heavy atom. The van der Waals surface area contributed by atoms with Crippen molar-refractivity contribution in [2.24, 2.45) is 10.8 Å². The molecule has 64 valence electrons. The van der Waals surface area contributed by atoms with Crippen molar-refractivity contribution >= 4 is 0 Å². The smallest absolute Gasteiger partial charge is 0.0436 e. The number of allylic oxidation sites excluding steroid dienone is 2. The molecule has 1 rings (SSSR count). The van der Waals surface area contributed by atoms with Gasteiger partial charge in [-0.3, -0.25) is 0 Å². The molecule has 0 aromatic rings. The van der Waals surface area contributed by atoms with Crippen LogP contribution in [0.1, 0.15) is 33.6 Å². The predicted octanol–water partition coefficient (Wildman–Crippen LogP) is 2.36. The minimum atomic E-state index is 0.260. The normalized spacial score (nSPS) is 34.5. The van der Waals surface area contributed by atoms with Gasteiger partial charge in [0.2, 0.25) is 0 Å². The first kappa shape index (κ1) is 8.79. The third-order valence-corrected chi connectivity index (χ3v) is 3.32. The van der Waals surface area contributed by atoms with E-state index in [1.807, 2.05) is 0 Å². The van der Waals surface area contributed by atoms with E-state index in [0.717, 1.165) is 12.8 Å². The maximum atomic E-state index is 8.90. The Morgan fingerprint density at radius 1 is 1.36 bits per heavy atom. The van der Waals surface area contributed by atoms with Crippen molar-refractivity contribution in [3.05, 3.63) is 12.2 Å². The summed E-state index contributed by atoms with van der Waals surface area (Å²) >= 11 is 0. The number of rotatable bonds is 2. The predicted molar refractivity (Wildman–Crippen MR) is 47.3 cm³/mol. The van der Waals surface area contributed by atoms with Crippen LogP contribution in [-0.4, -0.2) is 11.7 Å². The van der Waals surface area contributed by atoms with Crippen molar-refractivity contribution in [3.63, 3.8) is 0 Å². The van der Waals surface area contributed by atoms with Gasteiger partial charge in [-0.15, -0.1) is 0 Å². The minimum absolute atomic E-state index is 0.260. The molecule has 1 heteroatoms. The Balaban J connectivity index is 2.73. The van der Waals surface area contributed by atoms with Gasteiger partial charge in [0.05, 0.1) is 0 Å². The monoisotopic (exact) mass is 154 g/mol. The largest absolute Gasteiger partial charge is 0.396 e. The summed E-state index contributed by atoms with van der Waals surface area (Å²) in [6.07, 6.45) is 6.52. The molecule has 1 nitrogen and oxygen atoms in total. The lowest BCUT2D eigenvalue weighted by Gasteiger charge is -2.37. The van der Waals surface area contributed by atoms with Gasteiger partial charge in [-0.25, -0.2) is 0 Å². The summed E-state index contributed by atoms with van der Waals surface area (Å²) in [5, 5.41) is 8.90. The van der Waals surface area contributed by atoms with Crippen molar-refractivity contribution < 1.29 is 5.11 Å². The van der Waals surface area contributed by atoms with E-state index in [9.17, 15) is 0 Å². The summed E-state index contributed by atoms with van der Waals surface area (Å²) < 4.78 is 0. The molecule has 0 aromatic heterocycles. The summed E-state index contributed by atoms with van der Waals surface area (Å²) in [6, 6.07) is 0. The SMILES string of the molecule is CC1(C)C=CC[C@@]1(C)CCO. The standard InChI is InChI=1S/C10H18O/c1-9(2)5-4-6-10(9,3)7-8-11/h4-5,11H,6-8H2,1-3H3/t10-/m0/s1. The topological polar surface area (TPSA) is 20.2 Å². The van der Waals surface area contributed by atoms with Crippen LogP contribution in [0.4, 0.5) is 0 Å². The highest BCUT2D eigenvalue weighted by Gasteiger charge is 2.40. The summed E-state index contributed by atoms with van der Waals surface area (Å²) in [5.74, 6) is 0. The van der Waals surface area contributed by atoms with Crippen LogP contribution in [0, 0.1) is 10.8 Å². The first-order valence-electron chi connectivity index (χ1n) is 4.30. The maximum absolute atomic E-state index is 8.90. The van der Waals surface area contributed by atoms with Crippen LogP contribution in [0.2, 0.25) is 0 Å². The molecule has 0 unspecified atom stereocenters. The average Bonchev–Trinajstić information content (AvgIpc) is 2.09. The summed E-state index contributed by atoms with van der Waals surface area (Å²) in [7, 11) is 0. The third-order valence-electron chi connectivity index (χ3n) is 3.32. The van der Waals surface area contributed by atoms with Crippen LogP contribution < -0.4 is 0 Å². The van der Waals surface area contributed by atoms with Crippen molar-refractivity contribution in [3.8, 4) is 0 Å². The van der Waals surface area contributed by atoms with E-state index in [-0.39, 0.29) is 10.8 Å². The summed E-state index contributed by atoms with van der Waals surface area (Å²) in [6.45, 7) is 7.04. The zero-order valence-electron chi connectivity index (χ0n) is 7.72. The van der Waals surface area contributed by atoms with Gasteiger partial charge in [0.25, 0.3) is 0 Å². The van der Waals surface area contributed by atoms with Crippen molar-refractivity contribution in [2.45, 2.75) is 33.6 Å². The molecule has 1 atom stereocenters. The molecule has 1 aliphatic rings. The molecule has 0 aromatic carbocycles. The second kappa shape index (κ2) is 2.63. The molecule has 0 amide bonds. The Morgan fingerprint density at radius 3 is 2.36 bits per heavy atom. The highest BCUT2D eigenvalue weighted by molar-refractivity contribution is 5.12. The molecule has 0 heterocycles. The number of aliphatic hydroxyl groups is 1. The Hall–Kier alpha value is -0.300. The fraction of sp³-hybridized carbons (Fsp3) is 0.800. The van der Waals surface area contributed by atoms with E-state index in [2.05, 4.69) is 32.9 Å². The van der Waals surface area contributed by atoms with Crippen LogP contribution in [0.15, 0.2) is 12.2 Å². The number of hydrogen-bond acceptors (Lipinski definition) is 1. The Bertz CT molecular complexity index is 170. The molecule has 0 saturated carbocycles. The number of aliphatic hydroxyl groups excluding tert-OH is 1. The van der Waals surface area contributed by atoms with Gasteiger partial charge in [-0.2, -0.15) is 0 Å². The van der Waals surface area contributed by atoms with Crippen LogP contribution in [-0.2, 0) is 0 Å². The van der Waals surface area contributed by atoms with Gasteiger partial charge in [0.15, 0.2) is 0 Å². The zero-order chi connectivity index (χ0) is 8.54. The van der Waals surface area contributed by atoms with Crippen LogP contribution in [0.5, 0.6) is 0 Å². The molecule has 0 radical (unpaired) electrons. The second-order valence-corrected chi connectivity index (χ2v) is 4.36. The third kappa shape index (κ3) is 1.34. The van der Waals surface area contributed by atoms with Crippen molar-refractivity contribution in [1.29, 1.82) is 0 Å². The van der Waals surface area contributed by atoms with Gasteiger partial charge in [0, 0.05) is 6.61 Å². The van der Waals surface area contributed by atoms with E-state index < -0.39 is 0 Å². The fourth-order valence-electron chi connectivity index (χ4n) is 1.75. The lowest BCUT2D eigenvalue weighted by Crippen LogP contribution is -2.30. The van der Waals surface area contributed by atoms with Gasteiger partial charge < -0.3 is 5.11 Å². The molecule has 0 saturated heterocycles. The highest BCUT2D eigenvalue weighted by Crippen LogP contribution is 2.49. The van der Waals surface area contributed by atoms with E-state index in [4.69, 9.17) is 5.11 Å². The molecule has 0 fully saturated rings. The van der Waals surface area contributed by atoms with Crippen molar-refractivity contribution in [2.75, 3.05) is 6.61 Å². The van der Waals surface area contributed by atoms with Crippen LogP contribution in [0.25, 0.3) is 0 Å². The molecular formula is C10H18O. The maximum Gasteiger partial charge on any atom is 0.0436 e. The Labute approximate surface area is 69.1 Å². The molecule has 0 spiro atoms. The van der Waals surface area contributed by atoms with E-state index in [0.29, 0.717) is 6.61 Å². The molecule has 0 bridgehead atoms. The van der Waals surface area contributed by atoms with Crippen LogP contribution >= 0.6 is 0 Å². The molecule has 1 N–H and O–H groups in total. The summed E-state index contributed by atoms with van der Waals surface area (Å²) in [4.78, 5) is 0. The van der Waals surface area contributed by atoms with Crippen LogP contribution in [0.3, 0.4) is 0 Å². The zero-order valence-corrected chi connectivity index (χ0v) is 7.72. The van der Waals surface area contributed by atoms with E-state index in [1.54, 1.807) is 0 Å². The quantitative estimate of drug-likeness (QED) is 0.605. The summed E-state index contributed by atoms with van der Waals surface area (Å²) in [5.41, 5.74) is 0.539. The highest BCUT2D eigenvalue weighted by atomic mass is 16.3. The molecular weight excluding hydrogens is 136 g/mol. The average molecular weight is 154 g/mol. The lowest BCUT2D eigenvalue weighted by molar-refractivity contribution is 0.111.